The molecule has 96 heavy (non-hydrogen) atoms. The Morgan fingerprint density at radius 2 is 0.635 bits per heavy atom. The van der Waals surface area contributed by atoms with Gasteiger partial charge in [0.2, 0.25) is 0 Å². The second-order valence-corrected chi connectivity index (χ2v) is 26.1. The third-order valence-electron chi connectivity index (χ3n) is 20.7. The summed E-state index contributed by atoms with van der Waals surface area (Å²) in [5.41, 5.74) is 17.0. The van der Waals surface area contributed by atoms with Crippen molar-refractivity contribution in [2.24, 2.45) is 10.8 Å². The summed E-state index contributed by atoms with van der Waals surface area (Å²) in [6.07, 6.45) is 1.95. The van der Waals surface area contributed by atoms with Gasteiger partial charge in [-0.3, -0.25) is 0 Å². The van der Waals surface area contributed by atoms with Crippen LogP contribution in [0.2, 0.25) is 0 Å². The van der Waals surface area contributed by atoms with Gasteiger partial charge in [-0.2, -0.15) is 0 Å². The molecule has 0 aromatic heterocycles. The van der Waals surface area contributed by atoms with E-state index in [1.807, 2.05) is 70.5 Å². The molecule has 2 atom stereocenters. The maximum Gasteiger partial charge on any atom is 0.160 e. The number of nitrogens with zero attached hydrogens (tertiary/aromatic N) is 2. The molecule has 2 fully saturated rings. The standard InChI is InChI=1S/C86H68F4N2O4/c1-3-83(51-93-52-83)55-95-69-39-27-61(28-40-69)85(59-15-7-5-8-16-59)75-21-13-11-19-71(75)73-43-35-65(47-77(73)85)91(67-37-45-79(87)81(89)49-67)63-31-23-57(24-32-63)58-25-33-64(34-26-58)92(68-38-46-80(88)82(90)50-68)66-36-44-74-72-20-12-14-22-76(72)86(78(74)48-66,60-17-9-6-10-18-60)62-29-41-70(42-30-62)96-56-84(4-2)53-94-54-84/h5-50H,3-4,51-56H2,1-2H3. The third-order valence-corrected chi connectivity index (χ3v) is 20.7. The summed E-state index contributed by atoms with van der Waals surface area (Å²) in [4.78, 5) is 3.94. The first kappa shape index (κ1) is 60.4. The predicted molar refractivity (Wildman–Crippen MR) is 374 cm³/mol. The van der Waals surface area contributed by atoms with E-state index in [2.05, 4.69) is 196 Å². The fourth-order valence-corrected chi connectivity index (χ4v) is 15.2. The Labute approximate surface area is 557 Å². The molecule has 4 aliphatic rings. The lowest BCUT2D eigenvalue weighted by molar-refractivity contribution is -0.133. The van der Waals surface area contributed by atoms with Crippen molar-refractivity contribution in [2.45, 2.75) is 37.5 Å². The highest BCUT2D eigenvalue weighted by atomic mass is 19.2. The van der Waals surface area contributed by atoms with Crippen LogP contribution in [-0.4, -0.2) is 39.6 Å². The normalized spacial score (nSPS) is 17.4. The molecule has 12 aromatic carbocycles. The largest absolute Gasteiger partial charge is 0.493 e. The van der Waals surface area contributed by atoms with Crippen LogP contribution in [0.4, 0.5) is 51.7 Å². The molecule has 0 saturated carbocycles. The Bertz CT molecular complexity index is 4550. The van der Waals surface area contributed by atoms with Gasteiger partial charge in [-0.1, -0.05) is 184 Å². The van der Waals surface area contributed by atoms with E-state index in [1.165, 1.54) is 24.3 Å². The number of benzene rings is 12. The van der Waals surface area contributed by atoms with Crippen LogP contribution < -0.4 is 19.3 Å². The summed E-state index contributed by atoms with van der Waals surface area (Å²) in [5.74, 6) is -2.25. The Morgan fingerprint density at radius 1 is 0.312 bits per heavy atom. The van der Waals surface area contributed by atoms with Crippen molar-refractivity contribution in [3.63, 3.8) is 0 Å². The van der Waals surface area contributed by atoms with Crippen molar-refractivity contribution in [2.75, 3.05) is 49.4 Å². The highest BCUT2D eigenvalue weighted by Crippen LogP contribution is 2.60. The van der Waals surface area contributed by atoms with Crippen molar-refractivity contribution < 1.29 is 36.5 Å². The van der Waals surface area contributed by atoms with Gasteiger partial charge in [0.05, 0.1) is 61.3 Å². The molecule has 0 N–H and O–H groups in total. The summed E-state index contributed by atoms with van der Waals surface area (Å²) < 4.78 is 85.4. The Kier molecular flexibility index (Phi) is 15.3. The van der Waals surface area contributed by atoms with Gasteiger partial charge in [-0.05, 0) is 188 Å². The maximum atomic E-state index is 15.7. The summed E-state index contributed by atoms with van der Waals surface area (Å²) in [6.45, 7) is 8.28. The molecule has 2 saturated heterocycles. The average Bonchev–Trinajstić information content (AvgIpc) is 1.53. The summed E-state index contributed by atoms with van der Waals surface area (Å²) in [5, 5.41) is 0. The average molecular weight is 1270 g/mol. The Balaban J connectivity index is 0.765. The summed E-state index contributed by atoms with van der Waals surface area (Å²) in [7, 11) is 0. The zero-order valence-corrected chi connectivity index (χ0v) is 53.3. The number of rotatable bonds is 19. The van der Waals surface area contributed by atoms with Gasteiger partial charge in [0.1, 0.15) is 11.5 Å². The molecule has 0 spiro atoms. The van der Waals surface area contributed by atoms with E-state index in [1.54, 1.807) is 12.1 Å². The molecule has 0 amide bonds. The van der Waals surface area contributed by atoms with Crippen molar-refractivity contribution in [1.82, 2.24) is 0 Å². The molecule has 2 heterocycles. The molecular weight excluding hydrogens is 1200 g/mol. The minimum Gasteiger partial charge on any atom is -0.493 e. The van der Waals surface area contributed by atoms with Crippen molar-refractivity contribution in [3.8, 4) is 44.9 Å². The minimum absolute atomic E-state index is 0.0180. The van der Waals surface area contributed by atoms with E-state index in [9.17, 15) is 8.78 Å². The molecule has 10 heteroatoms. The molecular formula is C86H68F4N2O4. The van der Waals surface area contributed by atoms with Gasteiger partial charge in [0.25, 0.3) is 0 Å². The van der Waals surface area contributed by atoms with Crippen molar-refractivity contribution in [3.05, 3.63) is 347 Å². The third kappa shape index (κ3) is 10.1. The minimum atomic E-state index is -0.965. The molecule has 474 valence electrons. The van der Waals surface area contributed by atoms with E-state index in [0.29, 0.717) is 62.4 Å². The van der Waals surface area contributed by atoms with Crippen LogP contribution in [0.25, 0.3) is 33.4 Å². The number of fused-ring (bicyclic) bond motifs is 6. The maximum absolute atomic E-state index is 15.7. The number of hydrogen-bond acceptors (Lipinski definition) is 6. The zero-order chi connectivity index (χ0) is 65.2. The molecule has 2 unspecified atom stereocenters. The molecule has 2 aliphatic heterocycles. The molecule has 16 rings (SSSR count). The lowest BCUT2D eigenvalue weighted by Gasteiger charge is -2.40. The van der Waals surface area contributed by atoms with Crippen LogP contribution in [0.15, 0.2) is 279 Å². The number of halogens is 4. The van der Waals surface area contributed by atoms with Crippen LogP contribution in [0, 0.1) is 34.1 Å². The van der Waals surface area contributed by atoms with Crippen LogP contribution in [0.3, 0.4) is 0 Å². The molecule has 6 nitrogen and oxygen atoms in total. The quantitative estimate of drug-likeness (QED) is 0.0752. The van der Waals surface area contributed by atoms with Crippen LogP contribution in [-0.2, 0) is 20.3 Å². The Hall–Kier alpha value is -10.5. The van der Waals surface area contributed by atoms with Gasteiger partial charge in [-0.25, -0.2) is 17.6 Å². The summed E-state index contributed by atoms with van der Waals surface area (Å²) in [6, 6.07) is 92.0. The lowest BCUT2D eigenvalue weighted by atomic mass is 9.67. The first-order valence-corrected chi connectivity index (χ1v) is 32.9. The second-order valence-electron chi connectivity index (χ2n) is 26.1. The smallest absolute Gasteiger partial charge is 0.160 e. The number of anilines is 6. The van der Waals surface area contributed by atoms with E-state index in [4.69, 9.17) is 18.9 Å². The first-order chi connectivity index (χ1) is 47.0. The first-order valence-electron chi connectivity index (χ1n) is 32.9. The molecule has 0 bridgehead atoms. The van der Waals surface area contributed by atoms with Gasteiger partial charge in [-0.15, -0.1) is 0 Å². The Morgan fingerprint density at radius 3 is 0.990 bits per heavy atom. The molecule has 12 aromatic rings. The highest BCUT2D eigenvalue weighted by Gasteiger charge is 2.49. The van der Waals surface area contributed by atoms with E-state index < -0.39 is 34.1 Å². The van der Waals surface area contributed by atoms with E-state index in [-0.39, 0.29) is 10.8 Å². The number of hydrogen-bond donors (Lipinski definition) is 0. The highest BCUT2D eigenvalue weighted by molar-refractivity contribution is 5.92. The van der Waals surface area contributed by atoms with Crippen LogP contribution in [0.1, 0.15) is 71.2 Å². The monoisotopic (exact) mass is 1270 g/mol. The SMILES string of the molecule is CCC1(COc2ccc(C3(c4ccccc4)c4ccccc4-c4ccc(N(c5ccc(-c6ccc(N(c7ccc(F)c(F)c7)c7ccc8c(c7)C(c7ccccc7)(c7ccc(OCC9(CC)COC9)cc7)c7ccccc7-8)cc6)cc5)c5ccc(F)c(F)c5)cc43)cc2)COC1. The van der Waals surface area contributed by atoms with E-state index >= 15 is 8.78 Å². The zero-order valence-electron chi connectivity index (χ0n) is 53.3. The van der Waals surface area contributed by atoms with E-state index in [0.717, 1.165) is 114 Å². The van der Waals surface area contributed by atoms with Crippen molar-refractivity contribution in [1.29, 1.82) is 0 Å². The summed E-state index contributed by atoms with van der Waals surface area (Å²) >= 11 is 0. The van der Waals surface area contributed by atoms with Gasteiger partial charge in [0, 0.05) is 46.3 Å². The van der Waals surface area contributed by atoms with Crippen LogP contribution >= 0.6 is 0 Å². The molecule has 0 radical (unpaired) electrons. The second kappa shape index (κ2) is 24.4. The van der Waals surface area contributed by atoms with Gasteiger partial charge < -0.3 is 28.7 Å². The topological polar surface area (TPSA) is 43.4 Å². The number of ether oxygens (including phenoxy) is 4. The fraction of sp³-hybridized carbons (Fsp3) is 0.163. The fourth-order valence-electron chi connectivity index (χ4n) is 15.2. The van der Waals surface area contributed by atoms with Crippen molar-refractivity contribution >= 4 is 34.1 Å². The lowest BCUT2D eigenvalue weighted by Crippen LogP contribution is -2.46. The van der Waals surface area contributed by atoms with Gasteiger partial charge in [0.15, 0.2) is 23.3 Å². The van der Waals surface area contributed by atoms with Crippen LogP contribution in [0.5, 0.6) is 11.5 Å². The predicted octanol–water partition coefficient (Wildman–Crippen LogP) is 21.2. The van der Waals surface area contributed by atoms with Gasteiger partial charge >= 0.3 is 0 Å². The molecule has 2 aliphatic carbocycles.